The van der Waals surface area contributed by atoms with Gasteiger partial charge in [0.2, 0.25) is 5.88 Å². The van der Waals surface area contributed by atoms with Crippen LogP contribution in [0.15, 0.2) is 59.8 Å². The van der Waals surface area contributed by atoms with Gasteiger partial charge in [-0.05, 0) is 152 Å². The summed E-state index contributed by atoms with van der Waals surface area (Å²) in [4.78, 5) is 19.7. The number of nitrogens with one attached hydrogen (secondary N) is 1. The first kappa shape index (κ1) is 39.7. The Labute approximate surface area is 337 Å². The molecule has 0 spiro atoms. The SMILES string of the molecule is C=C(C)[C@@H]1CC[C@]2(NCCN3CCSCC3)CC[C@]3(C)[C@H](CC[C@@H]4[C@@H]5[C@@H](CC[C@]43C)C(C)(C)C(C3=CC[C@@](COc4ccccn4)(C(=O)O)CC3)=C[C@@H]5C)[C@@H]12. The van der Waals surface area contributed by atoms with E-state index in [1.165, 1.54) is 99.2 Å². The van der Waals surface area contributed by atoms with Crippen LogP contribution < -0.4 is 10.1 Å². The van der Waals surface area contributed by atoms with Crippen molar-refractivity contribution in [2.24, 2.45) is 63.1 Å². The van der Waals surface area contributed by atoms with E-state index in [0.29, 0.717) is 59.1 Å². The van der Waals surface area contributed by atoms with Gasteiger partial charge in [0.15, 0.2) is 0 Å². The van der Waals surface area contributed by atoms with Crippen LogP contribution in [0.3, 0.4) is 0 Å². The number of thioether (sulfide) groups is 1. The van der Waals surface area contributed by atoms with Gasteiger partial charge in [-0.15, -0.1) is 0 Å². The van der Waals surface area contributed by atoms with Gasteiger partial charge in [0.05, 0.1) is 0 Å². The molecule has 1 aromatic heterocycles. The Bertz CT molecular complexity index is 1670. The van der Waals surface area contributed by atoms with Crippen LogP contribution in [-0.2, 0) is 4.79 Å². The van der Waals surface area contributed by atoms with E-state index in [2.05, 4.69) is 87.2 Å². The number of carbonyl (C=O) groups is 1. The number of hydrogen-bond donors (Lipinski definition) is 2. The van der Waals surface area contributed by atoms with Crippen molar-refractivity contribution in [2.75, 3.05) is 44.3 Å². The average molecular weight is 770 g/mol. The van der Waals surface area contributed by atoms with Gasteiger partial charge in [0, 0.05) is 55.5 Å². The molecule has 8 rings (SSSR count). The topological polar surface area (TPSA) is 74.7 Å². The van der Waals surface area contributed by atoms with E-state index < -0.39 is 11.4 Å². The number of nitrogens with zero attached hydrogens (tertiary/aromatic N) is 2. The molecule has 55 heavy (non-hydrogen) atoms. The van der Waals surface area contributed by atoms with Crippen molar-refractivity contribution in [1.82, 2.24) is 15.2 Å². The third-order valence-corrected chi connectivity index (χ3v) is 18.9. The van der Waals surface area contributed by atoms with Crippen LogP contribution in [0.2, 0.25) is 0 Å². The van der Waals surface area contributed by atoms with Gasteiger partial charge in [-0.2, -0.15) is 11.8 Å². The molecular formula is C48H71N3O3S. The Morgan fingerprint density at radius 2 is 1.76 bits per heavy atom. The lowest BCUT2D eigenvalue weighted by atomic mass is 9.35. The van der Waals surface area contributed by atoms with Crippen LogP contribution in [-0.4, -0.2) is 70.8 Å². The van der Waals surface area contributed by atoms with Crippen LogP contribution in [0, 0.1) is 63.1 Å². The molecule has 0 aromatic carbocycles. The molecule has 2 heterocycles. The second-order valence-electron chi connectivity index (χ2n) is 20.5. The number of carboxylic acids is 1. The van der Waals surface area contributed by atoms with Gasteiger partial charge in [0.1, 0.15) is 12.0 Å². The Morgan fingerprint density at radius 1 is 1.00 bits per heavy atom. The fourth-order valence-electron chi connectivity index (χ4n) is 14.7. The molecule has 1 saturated heterocycles. The quantitative estimate of drug-likeness (QED) is 0.230. The smallest absolute Gasteiger partial charge is 0.313 e. The molecule has 1 aromatic rings. The first-order chi connectivity index (χ1) is 26.2. The lowest BCUT2D eigenvalue weighted by Crippen LogP contribution is -2.67. The van der Waals surface area contributed by atoms with Crippen LogP contribution >= 0.6 is 11.8 Å². The maximum Gasteiger partial charge on any atom is 0.313 e. The molecule has 0 amide bonds. The normalized spacial score (nSPS) is 42.5. The summed E-state index contributed by atoms with van der Waals surface area (Å²) in [5.41, 5.74) is 4.41. The maximum atomic E-state index is 12.7. The number of carboxylic acid groups (broad SMARTS) is 1. The lowest BCUT2D eigenvalue weighted by molar-refractivity contribution is -0.201. The van der Waals surface area contributed by atoms with Crippen molar-refractivity contribution < 1.29 is 14.6 Å². The third kappa shape index (κ3) is 6.61. The molecule has 5 fully saturated rings. The zero-order valence-corrected chi connectivity index (χ0v) is 35.8. The fraction of sp³-hybridized carbons (Fsp3) is 0.750. The molecule has 0 radical (unpaired) electrons. The minimum atomic E-state index is -0.919. The summed E-state index contributed by atoms with van der Waals surface area (Å²) in [5, 5.41) is 14.8. The average Bonchev–Trinajstić information content (AvgIpc) is 3.56. The molecule has 6 aliphatic carbocycles. The first-order valence-corrected chi connectivity index (χ1v) is 23.3. The highest BCUT2D eigenvalue weighted by Crippen LogP contribution is 2.74. The van der Waals surface area contributed by atoms with Gasteiger partial charge < -0.3 is 20.1 Å². The van der Waals surface area contributed by atoms with Crippen LogP contribution in [0.1, 0.15) is 112 Å². The summed E-state index contributed by atoms with van der Waals surface area (Å²) in [6, 6.07) is 5.53. The zero-order chi connectivity index (χ0) is 38.8. The number of aromatic nitrogens is 1. The molecule has 11 atom stereocenters. The molecule has 4 saturated carbocycles. The first-order valence-electron chi connectivity index (χ1n) is 22.1. The van der Waals surface area contributed by atoms with E-state index in [1.807, 2.05) is 12.1 Å². The number of aliphatic carboxylic acids is 1. The van der Waals surface area contributed by atoms with Gasteiger partial charge in [-0.3, -0.25) is 4.79 Å². The number of ether oxygens (including phenoxy) is 1. The Hall–Kier alpha value is -2.09. The number of allylic oxidation sites excluding steroid dienone is 5. The van der Waals surface area contributed by atoms with Gasteiger partial charge >= 0.3 is 5.97 Å². The minimum absolute atomic E-state index is 0.0605. The molecule has 2 N–H and O–H groups in total. The number of hydrogen-bond acceptors (Lipinski definition) is 6. The fourth-order valence-corrected chi connectivity index (χ4v) is 15.7. The molecule has 7 aliphatic rings. The number of rotatable bonds is 10. The highest BCUT2D eigenvalue weighted by atomic mass is 32.2. The van der Waals surface area contributed by atoms with E-state index in [1.54, 1.807) is 12.3 Å². The highest BCUT2D eigenvalue weighted by Gasteiger charge is 2.69. The highest BCUT2D eigenvalue weighted by molar-refractivity contribution is 7.99. The van der Waals surface area contributed by atoms with Crippen LogP contribution in [0.5, 0.6) is 5.88 Å². The third-order valence-electron chi connectivity index (χ3n) is 18.0. The summed E-state index contributed by atoms with van der Waals surface area (Å²) < 4.78 is 5.97. The summed E-state index contributed by atoms with van der Waals surface area (Å²) in [6.45, 7) is 25.1. The summed E-state index contributed by atoms with van der Waals surface area (Å²) in [6.07, 6.45) is 19.2. The van der Waals surface area contributed by atoms with Crippen molar-refractivity contribution in [3.63, 3.8) is 0 Å². The second kappa shape index (κ2) is 14.9. The predicted molar refractivity (Wildman–Crippen MR) is 226 cm³/mol. The summed E-state index contributed by atoms with van der Waals surface area (Å²) in [5.74, 6) is 7.00. The van der Waals surface area contributed by atoms with Crippen molar-refractivity contribution >= 4 is 17.7 Å². The van der Waals surface area contributed by atoms with Crippen LogP contribution in [0.4, 0.5) is 0 Å². The minimum Gasteiger partial charge on any atom is -0.481 e. The maximum absolute atomic E-state index is 12.7. The van der Waals surface area contributed by atoms with Gasteiger partial charge in [0.25, 0.3) is 0 Å². The molecule has 0 unspecified atom stereocenters. The molecule has 0 bridgehead atoms. The van der Waals surface area contributed by atoms with Crippen molar-refractivity contribution in [1.29, 1.82) is 0 Å². The number of fused-ring (bicyclic) bond motifs is 7. The Balaban J connectivity index is 1.02. The lowest BCUT2D eigenvalue weighted by Gasteiger charge is -2.70. The predicted octanol–water partition coefficient (Wildman–Crippen LogP) is 10.1. The van der Waals surface area contributed by atoms with E-state index in [-0.39, 0.29) is 17.6 Å². The van der Waals surface area contributed by atoms with E-state index >= 15 is 0 Å². The van der Waals surface area contributed by atoms with E-state index in [4.69, 9.17) is 4.74 Å². The van der Waals surface area contributed by atoms with Crippen molar-refractivity contribution in [3.05, 3.63) is 59.8 Å². The second-order valence-corrected chi connectivity index (χ2v) is 21.8. The van der Waals surface area contributed by atoms with E-state index in [9.17, 15) is 9.90 Å². The summed E-state index contributed by atoms with van der Waals surface area (Å²) >= 11 is 2.11. The van der Waals surface area contributed by atoms with Crippen molar-refractivity contribution in [3.8, 4) is 5.88 Å². The van der Waals surface area contributed by atoms with E-state index in [0.717, 1.165) is 24.8 Å². The summed E-state index contributed by atoms with van der Waals surface area (Å²) in [7, 11) is 0. The molecule has 6 nitrogen and oxygen atoms in total. The monoisotopic (exact) mass is 770 g/mol. The largest absolute Gasteiger partial charge is 0.481 e. The Kier molecular flexibility index (Phi) is 10.8. The molecule has 302 valence electrons. The molecule has 1 aliphatic heterocycles. The number of pyridine rings is 1. The molecular weight excluding hydrogens is 699 g/mol. The standard InChI is InChI=1S/C48H71N3O3S/c1-32(2)35-15-20-48(50-24-25-51-26-28-55-29-27-51)22-21-46(7)38(42(35)48)12-11-37-41-33(3)30-39(44(4,5)36(41)16-17-45(37,46)6)34-13-18-47(19-14-34,43(52)53)31-54-40-10-8-9-23-49-40/h8-10,13,23,30,33,35-38,41-42,50H,1,11-12,14-22,24-29,31H2,2-7H3,(H,52,53)/t33-,35-,36+,37+,38+,41-,42+,45+,46+,47+,48-/m0/s1. The van der Waals surface area contributed by atoms with Crippen molar-refractivity contribution in [2.45, 2.75) is 118 Å². The van der Waals surface area contributed by atoms with Gasteiger partial charge in [-0.1, -0.05) is 65.0 Å². The zero-order valence-electron chi connectivity index (χ0n) is 35.0. The van der Waals surface area contributed by atoms with Gasteiger partial charge in [-0.25, -0.2) is 4.98 Å². The van der Waals surface area contributed by atoms with Crippen LogP contribution in [0.25, 0.3) is 0 Å². The Morgan fingerprint density at radius 3 is 2.45 bits per heavy atom. The molecule has 7 heteroatoms.